The number of nitrogens with zero attached hydrogens (tertiary/aromatic N) is 1. The van der Waals surface area contributed by atoms with E-state index in [0.29, 0.717) is 5.92 Å². The van der Waals surface area contributed by atoms with Crippen LogP contribution in [0.15, 0.2) is 18.2 Å². The second-order valence-electron chi connectivity index (χ2n) is 3.87. The van der Waals surface area contributed by atoms with Crippen LogP contribution in [0, 0.1) is 16.0 Å². The quantitative estimate of drug-likeness (QED) is 0.630. The fourth-order valence-electron chi connectivity index (χ4n) is 1.62. The van der Waals surface area contributed by atoms with Crippen molar-refractivity contribution < 1.29 is 10.0 Å². The highest BCUT2D eigenvalue weighted by atomic mass is 35.5. The van der Waals surface area contributed by atoms with Crippen molar-refractivity contribution in [1.82, 2.24) is 0 Å². The summed E-state index contributed by atoms with van der Waals surface area (Å²) >= 11 is 0. The molecule has 16 heavy (non-hydrogen) atoms. The van der Waals surface area contributed by atoms with Gasteiger partial charge in [0.05, 0.1) is 4.92 Å². The number of phenols is 1. The fraction of sp³-hybridized carbons (Fsp3) is 0.400. The van der Waals surface area contributed by atoms with Crippen LogP contribution in [0.2, 0.25) is 0 Å². The summed E-state index contributed by atoms with van der Waals surface area (Å²) in [6.07, 6.45) is 2.16. The van der Waals surface area contributed by atoms with Gasteiger partial charge in [0, 0.05) is 12.1 Å². The molecule has 0 bridgehead atoms. The normalized spacial score (nSPS) is 16.3. The molecule has 0 saturated heterocycles. The summed E-state index contributed by atoms with van der Waals surface area (Å²) in [5.74, 6) is 0.126. The molecule has 0 amide bonds. The van der Waals surface area contributed by atoms with Crippen LogP contribution in [-0.4, -0.2) is 10.0 Å². The van der Waals surface area contributed by atoms with Crippen molar-refractivity contribution >= 4 is 18.1 Å². The summed E-state index contributed by atoms with van der Waals surface area (Å²) < 4.78 is 0. The van der Waals surface area contributed by atoms with Crippen molar-refractivity contribution in [3.8, 4) is 5.75 Å². The van der Waals surface area contributed by atoms with Crippen LogP contribution in [0.3, 0.4) is 0 Å². The molecule has 2 rings (SSSR count). The molecule has 88 valence electrons. The molecule has 1 fully saturated rings. The van der Waals surface area contributed by atoms with Crippen LogP contribution in [-0.2, 0) is 0 Å². The van der Waals surface area contributed by atoms with Crippen molar-refractivity contribution in [3.05, 3.63) is 33.9 Å². The number of hydrogen-bond donors (Lipinski definition) is 2. The first-order valence-corrected chi connectivity index (χ1v) is 4.82. The van der Waals surface area contributed by atoms with E-state index in [2.05, 4.69) is 0 Å². The van der Waals surface area contributed by atoms with Crippen molar-refractivity contribution in [2.75, 3.05) is 0 Å². The number of hydrogen-bond acceptors (Lipinski definition) is 4. The topological polar surface area (TPSA) is 89.4 Å². The van der Waals surface area contributed by atoms with Crippen LogP contribution < -0.4 is 5.73 Å². The summed E-state index contributed by atoms with van der Waals surface area (Å²) in [5, 5.41) is 19.8. The average Bonchev–Trinajstić information content (AvgIpc) is 3.00. The summed E-state index contributed by atoms with van der Waals surface area (Å²) in [4.78, 5) is 9.99. The maximum atomic E-state index is 10.6. The van der Waals surface area contributed by atoms with E-state index < -0.39 is 4.92 Å². The first kappa shape index (κ1) is 12.7. The second-order valence-corrected chi connectivity index (χ2v) is 3.87. The molecule has 1 aliphatic carbocycles. The fourth-order valence-corrected chi connectivity index (χ4v) is 1.62. The van der Waals surface area contributed by atoms with Crippen molar-refractivity contribution in [2.24, 2.45) is 11.7 Å². The lowest BCUT2D eigenvalue weighted by atomic mass is 10.0. The Morgan fingerprint density at radius 1 is 1.50 bits per heavy atom. The number of rotatable bonds is 3. The number of benzene rings is 1. The van der Waals surface area contributed by atoms with E-state index in [1.54, 1.807) is 6.07 Å². The van der Waals surface area contributed by atoms with E-state index in [1.165, 1.54) is 12.1 Å². The SMILES string of the molecule is Cl.N[C@@H](c1ccc(O)c([N+](=O)[O-])c1)C1CC1. The molecule has 0 aliphatic heterocycles. The van der Waals surface area contributed by atoms with Gasteiger partial charge in [-0.05, 0) is 30.4 Å². The molecule has 0 heterocycles. The Morgan fingerprint density at radius 3 is 2.62 bits per heavy atom. The van der Waals surface area contributed by atoms with Gasteiger partial charge in [-0.15, -0.1) is 12.4 Å². The molecule has 6 heteroatoms. The highest BCUT2D eigenvalue weighted by Crippen LogP contribution is 2.41. The number of nitro groups is 1. The summed E-state index contributed by atoms with van der Waals surface area (Å²) in [6.45, 7) is 0. The third-order valence-corrected chi connectivity index (χ3v) is 2.71. The average molecular weight is 245 g/mol. The minimum Gasteiger partial charge on any atom is -0.502 e. The number of nitrogens with two attached hydrogens (primary N) is 1. The Morgan fingerprint density at radius 2 is 2.12 bits per heavy atom. The second kappa shape index (κ2) is 4.67. The summed E-state index contributed by atoms with van der Waals surface area (Å²) in [5.41, 5.74) is 6.36. The van der Waals surface area contributed by atoms with E-state index in [4.69, 9.17) is 5.73 Å². The van der Waals surface area contributed by atoms with Gasteiger partial charge in [0.1, 0.15) is 0 Å². The molecule has 0 spiro atoms. The lowest BCUT2D eigenvalue weighted by molar-refractivity contribution is -0.385. The first-order chi connectivity index (χ1) is 7.09. The molecule has 1 aliphatic rings. The monoisotopic (exact) mass is 244 g/mol. The Labute approximate surface area is 98.8 Å². The lowest BCUT2D eigenvalue weighted by Gasteiger charge is -2.10. The van der Waals surface area contributed by atoms with Gasteiger partial charge < -0.3 is 10.8 Å². The van der Waals surface area contributed by atoms with Gasteiger partial charge in [-0.3, -0.25) is 10.1 Å². The van der Waals surface area contributed by atoms with Crippen molar-refractivity contribution in [1.29, 1.82) is 0 Å². The Hall–Kier alpha value is -1.33. The number of phenolic OH excluding ortho intramolecular Hbond substituents is 1. The maximum absolute atomic E-state index is 10.6. The third kappa shape index (κ3) is 2.43. The van der Waals surface area contributed by atoms with E-state index in [9.17, 15) is 15.2 Å². The molecule has 0 radical (unpaired) electrons. The largest absolute Gasteiger partial charge is 0.502 e. The van der Waals surface area contributed by atoms with Crippen molar-refractivity contribution in [2.45, 2.75) is 18.9 Å². The van der Waals surface area contributed by atoms with Crippen LogP contribution >= 0.6 is 12.4 Å². The number of aromatic hydroxyl groups is 1. The van der Waals surface area contributed by atoms with E-state index in [1.807, 2.05) is 0 Å². The van der Waals surface area contributed by atoms with Gasteiger partial charge in [-0.25, -0.2) is 0 Å². The molecule has 3 N–H and O–H groups in total. The van der Waals surface area contributed by atoms with Gasteiger partial charge in [-0.1, -0.05) is 6.07 Å². The lowest BCUT2D eigenvalue weighted by Crippen LogP contribution is -2.12. The van der Waals surface area contributed by atoms with Gasteiger partial charge in [-0.2, -0.15) is 0 Å². The molecule has 5 nitrogen and oxygen atoms in total. The number of nitro benzene ring substituents is 1. The molecular formula is C10H13ClN2O3. The smallest absolute Gasteiger partial charge is 0.311 e. The zero-order chi connectivity index (χ0) is 11.0. The van der Waals surface area contributed by atoms with E-state index in [0.717, 1.165) is 18.4 Å². The van der Waals surface area contributed by atoms with Gasteiger partial charge in [0.15, 0.2) is 5.75 Å². The Balaban J connectivity index is 0.00000128. The van der Waals surface area contributed by atoms with Gasteiger partial charge in [0.2, 0.25) is 0 Å². The predicted octanol–water partition coefficient (Wildman–Crippen LogP) is 2.13. The minimum absolute atomic E-state index is 0. The van der Waals surface area contributed by atoms with Gasteiger partial charge in [0.25, 0.3) is 0 Å². The van der Waals surface area contributed by atoms with Crippen LogP contribution in [0.4, 0.5) is 5.69 Å². The molecule has 1 saturated carbocycles. The molecule has 0 aromatic heterocycles. The Kier molecular flexibility index (Phi) is 3.72. The molecule has 1 aromatic carbocycles. The van der Waals surface area contributed by atoms with Crippen LogP contribution in [0.25, 0.3) is 0 Å². The molecule has 1 aromatic rings. The first-order valence-electron chi connectivity index (χ1n) is 4.82. The molecule has 0 unspecified atom stereocenters. The van der Waals surface area contributed by atoms with Crippen molar-refractivity contribution in [3.63, 3.8) is 0 Å². The predicted molar refractivity (Wildman–Crippen MR) is 61.7 cm³/mol. The standard InChI is InChI=1S/C10H12N2O3.ClH/c11-10(6-1-2-6)7-3-4-9(13)8(5-7)12(14)15;/h3-6,10,13H,1-2,11H2;1H/t10-;/m1./s1. The highest BCUT2D eigenvalue weighted by Gasteiger charge is 2.30. The maximum Gasteiger partial charge on any atom is 0.311 e. The highest BCUT2D eigenvalue weighted by molar-refractivity contribution is 5.85. The minimum atomic E-state index is -0.599. The van der Waals surface area contributed by atoms with E-state index >= 15 is 0 Å². The molecular weight excluding hydrogens is 232 g/mol. The zero-order valence-corrected chi connectivity index (χ0v) is 9.31. The van der Waals surface area contributed by atoms with Crippen LogP contribution in [0.1, 0.15) is 24.4 Å². The summed E-state index contributed by atoms with van der Waals surface area (Å²) in [6, 6.07) is 4.18. The van der Waals surface area contributed by atoms with Crippen LogP contribution in [0.5, 0.6) is 5.75 Å². The zero-order valence-electron chi connectivity index (χ0n) is 8.50. The number of halogens is 1. The Bertz CT molecular complexity index is 407. The third-order valence-electron chi connectivity index (χ3n) is 2.71. The van der Waals surface area contributed by atoms with Gasteiger partial charge >= 0.3 is 5.69 Å². The van der Waals surface area contributed by atoms with E-state index in [-0.39, 0.29) is 29.9 Å². The molecule has 1 atom stereocenters. The summed E-state index contributed by atoms with van der Waals surface area (Å²) in [7, 11) is 0.